The molecule has 1 fully saturated rings. The molecular formula is C16H30F3N5O2. The van der Waals surface area contributed by atoms with Crippen LogP contribution in [0.4, 0.5) is 18.0 Å². The number of carbonyl (C=O) groups is 1. The minimum Gasteiger partial charge on any atom is -0.444 e. The third-order valence-corrected chi connectivity index (χ3v) is 3.55. The first kappa shape index (κ1) is 22.3. The molecule has 0 aliphatic carbocycles. The minimum absolute atomic E-state index is 0.0663. The van der Waals surface area contributed by atoms with Crippen LogP contribution < -0.4 is 16.0 Å². The highest BCUT2D eigenvalue weighted by Crippen LogP contribution is 2.19. The maximum atomic E-state index is 12.4. The van der Waals surface area contributed by atoms with Crippen molar-refractivity contribution in [1.82, 2.24) is 20.9 Å². The molecule has 152 valence electrons. The van der Waals surface area contributed by atoms with Crippen molar-refractivity contribution in [3.63, 3.8) is 0 Å². The lowest BCUT2D eigenvalue weighted by Crippen LogP contribution is -2.45. The topological polar surface area (TPSA) is 78.0 Å². The molecule has 10 heteroatoms. The second kappa shape index (κ2) is 9.84. The van der Waals surface area contributed by atoms with E-state index in [4.69, 9.17) is 4.74 Å². The summed E-state index contributed by atoms with van der Waals surface area (Å²) in [5.74, 6) is 0.543. The molecule has 1 amide bonds. The lowest BCUT2D eigenvalue weighted by Gasteiger charge is -2.20. The molecule has 1 aliphatic heterocycles. The Morgan fingerprint density at radius 2 is 1.88 bits per heavy atom. The van der Waals surface area contributed by atoms with Crippen LogP contribution in [0.25, 0.3) is 0 Å². The van der Waals surface area contributed by atoms with Gasteiger partial charge in [-0.2, -0.15) is 13.2 Å². The van der Waals surface area contributed by atoms with Gasteiger partial charge in [-0.3, -0.25) is 9.89 Å². The van der Waals surface area contributed by atoms with Crippen molar-refractivity contribution in [2.75, 3.05) is 39.8 Å². The van der Waals surface area contributed by atoms with Gasteiger partial charge in [0.05, 0.1) is 6.54 Å². The molecular weight excluding hydrogens is 351 g/mol. The summed E-state index contributed by atoms with van der Waals surface area (Å²) in [6.07, 6.45) is -3.34. The first-order valence-corrected chi connectivity index (χ1v) is 8.71. The standard InChI is InChI=1S/C16H30F3N5O2/c1-15(2,3)26-14(25)22-8-5-7-21-13(20-4)23-12-6-9-24(10-12)11-16(17,18)19/h12H,5-11H2,1-4H3,(H,22,25)(H2,20,21,23). The van der Waals surface area contributed by atoms with Crippen molar-refractivity contribution in [1.29, 1.82) is 0 Å². The zero-order valence-electron chi connectivity index (χ0n) is 15.9. The zero-order valence-corrected chi connectivity index (χ0v) is 15.9. The fraction of sp³-hybridized carbons (Fsp3) is 0.875. The summed E-state index contributed by atoms with van der Waals surface area (Å²) in [6, 6.07) is -0.0663. The molecule has 1 aliphatic rings. The minimum atomic E-state index is -4.17. The molecule has 0 aromatic carbocycles. The van der Waals surface area contributed by atoms with E-state index in [9.17, 15) is 18.0 Å². The predicted molar refractivity (Wildman–Crippen MR) is 94.3 cm³/mol. The van der Waals surface area contributed by atoms with Crippen LogP contribution in [0, 0.1) is 0 Å². The number of alkyl carbamates (subject to hydrolysis) is 1. The molecule has 3 N–H and O–H groups in total. The van der Waals surface area contributed by atoms with Crippen LogP contribution in [-0.4, -0.2) is 74.5 Å². The Kier molecular flexibility index (Phi) is 8.45. The van der Waals surface area contributed by atoms with Crippen LogP contribution in [0.15, 0.2) is 4.99 Å². The van der Waals surface area contributed by atoms with Crippen LogP contribution >= 0.6 is 0 Å². The predicted octanol–water partition coefficient (Wildman–Crippen LogP) is 1.70. The van der Waals surface area contributed by atoms with E-state index in [1.165, 1.54) is 4.90 Å². The van der Waals surface area contributed by atoms with Crippen molar-refractivity contribution in [2.24, 2.45) is 4.99 Å². The first-order valence-electron chi connectivity index (χ1n) is 8.71. The molecule has 1 saturated heterocycles. The summed E-state index contributed by atoms with van der Waals surface area (Å²) in [5.41, 5.74) is -0.532. The Morgan fingerprint density at radius 1 is 1.23 bits per heavy atom. The lowest BCUT2D eigenvalue weighted by atomic mass is 10.2. The van der Waals surface area contributed by atoms with Crippen molar-refractivity contribution in [2.45, 2.75) is 51.4 Å². The van der Waals surface area contributed by atoms with Crippen molar-refractivity contribution in [3.8, 4) is 0 Å². The SMILES string of the molecule is CN=C(NCCCNC(=O)OC(C)(C)C)NC1CCN(CC(F)(F)F)C1. The zero-order chi connectivity index (χ0) is 19.8. The number of rotatable bonds is 6. The fourth-order valence-electron chi connectivity index (χ4n) is 2.54. The summed E-state index contributed by atoms with van der Waals surface area (Å²) in [5, 5.41) is 8.87. The Hall–Kier alpha value is -1.71. The molecule has 1 atom stereocenters. The average Bonchev–Trinajstić information content (AvgIpc) is 2.88. The van der Waals surface area contributed by atoms with Gasteiger partial charge in [0.1, 0.15) is 5.60 Å². The highest BCUT2D eigenvalue weighted by molar-refractivity contribution is 5.80. The van der Waals surface area contributed by atoms with E-state index in [2.05, 4.69) is 20.9 Å². The lowest BCUT2D eigenvalue weighted by molar-refractivity contribution is -0.143. The molecule has 26 heavy (non-hydrogen) atoms. The van der Waals surface area contributed by atoms with Crippen molar-refractivity contribution >= 4 is 12.1 Å². The number of amides is 1. The van der Waals surface area contributed by atoms with Crippen LogP contribution in [0.1, 0.15) is 33.6 Å². The van der Waals surface area contributed by atoms with E-state index in [0.29, 0.717) is 45.0 Å². The number of likely N-dealkylation sites (tertiary alicyclic amines) is 1. The summed E-state index contributed by atoms with van der Waals surface area (Å²) in [6.45, 7) is 6.26. The van der Waals surface area contributed by atoms with Gasteiger partial charge in [0.25, 0.3) is 0 Å². The Bertz CT molecular complexity index is 477. The number of aliphatic imine (C=N–C) groups is 1. The van der Waals surface area contributed by atoms with E-state index in [1.54, 1.807) is 27.8 Å². The molecule has 1 rings (SSSR count). The molecule has 0 radical (unpaired) electrons. The molecule has 0 saturated carbocycles. The molecule has 0 bridgehead atoms. The normalized spacial score (nSPS) is 19.3. The number of ether oxygens (including phenoxy) is 1. The first-order chi connectivity index (χ1) is 12.0. The van der Waals surface area contributed by atoms with Crippen LogP contribution in [-0.2, 0) is 4.74 Å². The summed E-state index contributed by atoms with van der Waals surface area (Å²) < 4.78 is 42.4. The van der Waals surface area contributed by atoms with Gasteiger partial charge in [0, 0.05) is 39.3 Å². The smallest absolute Gasteiger partial charge is 0.407 e. The van der Waals surface area contributed by atoms with Crippen LogP contribution in [0.3, 0.4) is 0 Å². The molecule has 1 unspecified atom stereocenters. The second-order valence-electron chi connectivity index (χ2n) is 7.26. The van der Waals surface area contributed by atoms with Gasteiger partial charge in [-0.05, 0) is 33.6 Å². The van der Waals surface area contributed by atoms with E-state index >= 15 is 0 Å². The van der Waals surface area contributed by atoms with Gasteiger partial charge < -0.3 is 20.7 Å². The Balaban J connectivity index is 2.19. The van der Waals surface area contributed by atoms with Gasteiger partial charge in [-0.1, -0.05) is 0 Å². The van der Waals surface area contributed by atoms with Crippen LogP contribution in [0.2, 0.25) is 0 Å². The van der Waals surface area contributed by atoms with E-state index < -0.39 is 24.4 Å². The molecule has 0 aromatic rings. The number of guanidine groups is 1. The highest BCUT2D eigenvalue weighted by atomic mass is 19.4. The maximum absolute atomic E-state index is 12.4. The third-order valence-electron chi connectivity index (χ3n) is 3.55. The Morgan fingerprint density at radius 3 is 2.46 bits per heavy atom. The fourth-order valence-corrected chi connectivity index (χ4v) is 2.54. The molecule has 0 spiro atoms. The van der Waals surface area contributed by atoms with Gasteiger partial charge in [0.2, 0.25) is 0 Å². The summed E-state index contributed by atoms with van der Waals surface area (Å²) in [7, 11) is 1.61. The highest BCUT2D eigenvalue weighted by Gasteiger charge is 2.34. The van der Waals surface area contributed by atoms with E-state index in [-0.39, 0.29) is 6.04 Å². The monoisotopic (exact) mass is 381 g/mol. The largest absolute Gasteiger partial charge is 0.444 e. The number of nitrogens with zero attached hydrogens (tertiary/aromatic N) is 2. The Labute approximate surface area is 152 Å². The molecule has 0 aromatic heterocycles. The average molecular weight is 381 g/mol. The number of hydrogen-bond donors (Lipinski definition) is 3. The summed E-state index contributed by atoms with van der Waals surface area (Å²) >= 11 is 0. The molecule has 7 nitrogen and oxygen atoms in total. The third kappa shape index (κ3) is 10.3. The number of carbonyl (C=O) groups excluding carboxylic acids is 1. The van der Waals surface area contributed by atoms with Crippen molar-refractivity contribution in [3.05, 3.63) is 0 Å². The second-order valence-corrected chi connectivity index (χ2v) is 7.26. The van der Waals surface area contributed by atoms with Gasteiger partial charge >= 0.3 is 12.3 Å². The number of hydrogen-bond acceptors (Lipinski definition) is 4. The van der Waals surface area contributed by atoms with Crippen LogP contribution in [0.5, 0.6) is 0 Å². The number of halogens is 3. The number of alkyl halides is 3. The van der Waals surface area contributed by atoms with Gasteiger partial charge in [0.15, 0.2) is 5.96 Å². The quantitative estimate of drug-likeness (QED) is 0.371. The number of nitrogens with one attached hydrogen (secondary N) is 3. The molecule has 1 heterocycles. The van der Waals surface area contributed by atoms with Gasteiger partial charge in [-0.25, -0.2) is 4.79 Å². The van der Waals surface area contributed by atoms with E-state index in [0.717, 1.165) is 0 Å². The summed E-state index contributed by atoms with van der Waals surface area (Å²) in [4.78, 5) is 17.0. The maximum Gasteiger partial charge on any atom is 0.407 e. The van der Waals surface area contributed by atoms with Gasteiger partial charge in [-0.15, -0.1) is 0 Å². The van der Waals surface area contributed by atoms with E-state index in [1.807, 2.05) is 0 Å². The van der Waals surface area contributed by atoms with Crippen molar-refractivity contribution < 1.29 is 22.7 Å².